The molecule has 0 saturated carbocycles. The van der Waals surface area contributed by atoms with E-state index in [2.05, 4.69) is 25.2 Å². The fourth-order valence-electron chi connectivity index (χ4n) is 4.50. The molecule has 1 aliphatic heterocycles. The maximum atomic E-state index is 15.2. The van der Waals surface area contributed by atoms with Crippen LogP contribution in [0, 0.1) is 24.4 Å². The lowest BCUT2D eigenvalue weighted by Crippen LogP contribution is -2.44. The van der Waals surface area contributed by atoms with Gasteiger partial charge in [0.25, 0.3) is 5.91 Å². The molecule has 3 heterocycles. The molecule has 0 aliphatic carbocycles. The number of piperazine rings is 1. The fourth-order valence-corrected chi connectivity index (χ4v) is 4.50. The normalized spacial score (nSPS) is 14.1. The standard InChI is InChI=1S/C27H28F3N7O2/c1-15-11-17-23(30)21(13-19(29)24(17)33-15)39-26-22(27(38)35(2)3)25(31-14-32-26)34-16-5-6-20(18(28)12-16)37-9-7-36(4)8-10-37/h5-6,11-14,33H,7-10H2,1-4H3,(H,31,32,34). The molecule has 1 amide bonds. The minimum absolute atomic E-state index is 0.00584. The first-order valence-corrected chi connectivity index (χ1v) is 12.3. The van der Waals surface area contributed by atoms with E-state index in [0.717, 1.165) is 25.5 Å². The number of likely N-dealkylation sites (N-methyl/N-ethyl adjacent to an activating group) is 1. The monoisotopic (exact) mass is 539 g/mol. The number of amides is 1. The lowest BCUT2D eigenvalue weighted by atomic mass is 10.2. The van der Waals surface area contributed by atoms with Crippen molar-refractivity contribution in [2.75, 3.05) is 57.5 Å². The lowest BCUT2D eigenvalue weighted by molar-refractivity contribution is 0.0825. The van der Waals surface area contributed by atoms with E-state index in [-0.39, 0.29) is 28.2 Å². The summed E-state index contributed by atoms with van der Waals surface area (Å²) in [6.07, 6.45) is 1.12. The minimum atomic E-state index is -0.811. The van der Waals surface area contributed by atoms with Crippen molar-refractivity contribution in [3.8, 4) is 11.6 Å². The summed E-state index contributed by atoms with van der Waals surface area (Å²) in [6, 6.07) is 7.01. The van der Waals surface area contributed by atoms with Crippen LogP contribution in [0.2, 0.25) is 0 Å². The second-order valence-electron chi connectivity index (χ2n) is 9.70. The van der Waals surface area contributed by atoms with Crippen LogP contribution in [-0.2, 0) is 0 Å². The number of hydrogen-bond acceptors (Lipinski definition) is 7. The van der Waals surface area contributed by atoms with Crippen molar-refractivity contribution in [3.05, 3.63) is 65.4 Å². The molecule has 5 rings (SSSR count). The number of carbonyl (C=O) groups excluding carboxylic acids is 1. The second kappa shape index (κ2) is 10.4. The van der Waals surface area contributed by atoms with Crippen molar-refractivity contribution in [2.24, 2.45) is 0 Å². The highest BCUT2D eigenvalue weighted by Crippen LogP contribution is 2.35. The van der Waals surface area contributed by atoms with Crippen molar-refractivity contribution >= 4 is 34.0 Å². The van der Waals surface area contributed by atoms with E-state index in [0.29, 0.717) is 30.2 Å². The van der Waals surface area contributed by atoms with Gasteiger partial charge in [-0.2, -0.15) is 0 Å². The Kier molecular flexibility index (Phi) is 7.04. The van der Waals surface area contributed by atoms with Crippen LogP contribution in [0.15, 0.2) is 36.7 Å². The predicted octanol–water partition coefficient (Wildman–Crippen LogP) is 4.67. The lowest BCUT2D eigenvalue weighted by Gasteiger charge is -2.34. The zero-order valence-electron chi connectivity index (χ0n) is 22.0. The second-order valence-corrected chi connectivity index (χ2v) is 9.70. The van der Waals surface area contributed by atoms with E-state index in [1.54, 1.807) is 19.1 Å². The van der Waals surface area contributed by atoms with Gasteiger partial charge in [-0.1, -0.05) is 0 Å². The zero-order chi connectivity index (χ0) is 27.8. The average molecular weight is 540 g/mol. The molecule has 1 saturated heterocycles. The SMILES string of the molecule is Cc1cc2c(F)c(Oc3ncnc(Nc4ccc(N5CCN(C)CC5)c(F)c4)c3C(=O)N(C)C)cc(F)c2[nH]1. The van der Waals surface area contributed by atoms with E-state index >= 15 is 8.78 Å². The van der Waals surface area contributed by atoms with Crippen LogP contribution in [0.3, 0.4) is 0 Å². The molecular weight excluding hydrogens is 511 g/mol. The van der Waals surface area contributed by atoms with Gasteiger partial charge in [0.15, 0.2) is 23.2 Å². The van der Waals surface area contributed by atoms with Crippen molar-refractivity contribution in [1.82, 2.24) is 24.8 Å². The molecule has 4 aromatic rings. The summed E-state index contributed by atoms with van der Waals surface area (Å²) in [5, 5.41) is 2.96. The molecule has 0 atom stereocenters. The van der Waals surface area contributed by atoms with Gasteiger partial charge in [-0.25, -0.2) is 23.1 Å². The highest BCUT2D eigenvalue weighted by Gasteiger charge is 2.26. The highest BCUT2D eigenvalue weighted by atomic mass is 19.1. The number of nitrogens with one attached hydrogen (secondary N) is 2. The van der Waals surface area contributed by atoms with Crippen molar-refractivity contribution in [2.45, 2.75) is 6.92 Å². The number of carbonyl (C=O) groups is 1. The van der Waals surface area contributed by atoms with Gasteiger partial charge < -0.3 is 29.7 Å². The Balaban J connectivity index is 1.49. The largest absolute Gasteiger partial charge is 0.435 e. The number of fused-ring (bicyclic) bond motifs is 1. The Morgan fingerprint density at radius 2 is 1.79 bits per heavy atom. The molecule has 1 fully saturated rings. The molecule has 2 aromatic carbocycles. The van der Waals surface area contributed by atoms with E-state index in [1.165, 1.54) is 31.1 Å². The molecule has 204 valence electrons. The molecule has 1 aliphatic rings. The predicted molar refractivity (Wildman–Crippen MR) is 142 cm³/mol. The average Bonchev–Trinajstić information content (AvgIpc) is 3.30. The van der Waals surface area contributed by atoms with Gasteiger partial charge in [-0.05, 0) is 38.2 Å². The summed E-state index contributed by atoms with van der Waals surface area (Å²) < 4.78 is 50.7. The number of benzene rings is 2. The Morgan fingerprint density at radius 1 is 1.05 bits per heavy atom. The van der Waals surface area contributed by atoms with Crippen LogP contribution < -0.4 is 15.0 Å². The number of anilines is 3. The number of aromatic amines is 1. The summed E-state index contributed by atoms with van der Waals surface area (Å²) >= 11 is 0. The van der Waals surface area contributed by atoms with Crippen LogP contribution in [0.25, 0.3) is 10.9 Å². The third-order valence-corrected chi connectivity index (χ3v) is 6.60. The van der Waals surface area contributed by atoms with Crippen LogP contribution in [-0.4, -0.2) is 78.0 Å². The maximum absolute atomic E-state index is 15.2. The summed E-state index contributed by atoms with van der Waals surface area (Å²) in [4.78, 5) is 29.5. The van der Waals surface area contributed by atoms with E-state index in [9.17, 15) is 9.18 Å². The Morgan fingerprint density at radius 3 is 2.49 bits per heavy atom. The number of H-pyrrole nitrogens is 1. The summed E-state index contributed by atoms with van der Waals surface area (Å²) in [5.74, 6) is -3.23. The molecule has 12 heteroatoms. The van der Waals surface area contributed by atoms with Gasteiger partial charge in [-0.3, -0.25) is 4.79 Å². The van der Waals surface area contributed by atoms with Gasteiger partial charge in [-0.15, -0.1) is 0 Å². The molecule has 2 aromatic heterocycles. The van der Waals surface area contributed by atoms with E-state index in [1.807, 2.05) is 11.9 Å². The Hall–Kier alpha value is -4.32. The topological polar surface area (TPSA) is 89.6 Å². The first kappa shape index (κ1) is 26.3. The zero-order valence-corrected chi connectivity index (χ0v) is 22.0. The Bertz CT molecular complexity index is 1550. The van der Waals surface area contributed by atoms with Gasteiger partial charge in [0.05, 0.1) is 11.2 Å². The van der Waals surface area contributed by atoms with Crippen LogP contribution in [0.5, 0.6) is 11.6 Å². The molecule has 9 nitrogen and oxygen atoms in total. The van der Waals surface area contributed by atoms with Gasteiger partial charge >= 0.3 is 0 Å². The minimum Gasteiger partial charge on any atom is -0.435 e. The molecule has 0 radical (unpaired) electrons. The number of aromatic nitrogens is 3. The molecule has 0 bridgehead atoms. The van der Waals surface area contributed by atoms with Gasteiger partial charge in [0.2, 0.25) is 5.88 Å². The number of nitrogens with zero attached hydrogens (tertiary/aromatic N) is 5. The summed E-state index contributed by atoms with van der Waals surface area (Å²) in [5.41, 5.74) is 1.27. The quantitative estimate of drug-likeness (QED) is 0.368. The Labute approximate surface area is 223 Å². The van der Waals surface area contributed by atoms with E-state index in [4.69, 9.17) is 4.74 Å². The number of halogens is 3. The van der Waals surface area contributed by atoms with E-state index < -0.39 is 29.1 Å². The number of hydrogen-bond donors (Lipinski definition) is 2. The van der Waals surface area contributed by atoms with Crippen LogP contribution >= 0.6 is 0 Å². The van der Waals surface area contributed by atoms with Gasteiger partial charge in [0.1, 0.15) is 17.7 Å². The number of ether oxygens (including phenoxy) is 1. The van der Waals surface area contributed by atoms with Crippen molar-refractivity contribution in [1.29, 1.82) is 0 Å². The third-order valence-electron chi connectivity index (χ3n) is 6.60. The maximum Gasteiger partial charge on any atom is 0.262 e. The van der Waals surface area contributed by atoms with Crippen molar-refractivity contribution < 1.29 is 22.7 Å². The van der Waals surface area contributed by atoms with Crippen LogP contribution in [0.1, 0.15) is 16.1 Å². The molecule has 0 spiro atoms. The molecule has 39 heavy (non-hydrogen) atoms. The molecule has 2 N–H and O–H groups in total. The van der Waals surface area contributed by atoms with Crippen molar-refractivity contribution in [3.63, 3.8) is 0 Å². The third kappa shape index (κ3) is 5.19. The van der Waals surface area contributed by atoms with Gasteiger partial charge in [0, 0.05) is 63.1 Å². The molecule has 0 unspecified atom stereocenters. The number of aryl methyl sites for hydroxylation is 1. The first-order chi connectivity index (χ1) is 18.6. The van der Waals surface area contributed by atoms with Crippen LogP contribution in [0.4, 0.5) is 30.4 Å². The fraction of sp³-hybridized carbons (Fsp3) is 0.296. The highest BCUT2D eigenvalue weighted by molar-refractivity contribution is 6.01. The summed E-state index contributed by atoms with van der Waals surface area (Å²) in [7, 11) is 5.06. The summed E-state index contributed by atoms with van der Waals surface area (Å²) in [6.45, 7) is 4.76. The smallest absolute Gasteiger partial charge is 0.262 e. The number of rotatable bonds is 6. The first-order valence-electron chi connectivity index (χ1n) is 12.3. The molecular formula is C27H28F3N7O2.